The maximum Gasteiger partial charge on any atom is 0.361 e. The van der Waals surface area contributed by atoms with E-state index in [9.17, 15) is 4.79 Å². The minimum Gasteiger partial charge on any atom is -0.508 e. The normalized spacial score (nSPS) is 10.0. The van der Waals surface area contributed by atoms with Gasteiger partial charge in [0.1, 0.15) is 23.0 Å². The predicted octanol–water partition coefficient (Wildman–Crippen LogP) is 0.917. The van der Waals surface area contributed by atoms with Crippen molar-refractivity contribution in [3.05, 3.63) is 36.0 Å². The van der Waals surface area contributed by atoms with Crippen molar-refractivity contribution in [2.75, 3.05) is 5.73 Å². The fourth-order valence-electron chi connectivity index (χ4n) is 1.15. The highest BCUT2D eigenvalue weighted by molar-refractivity contribution is 5.89. The first-order chi connectivity index (χ1) is 7.65. The van der Waals surface area contributed by atoms with Crippen molar-refractivity contribution < 1.29 is 14.6 Å². The van der Waals surface area contributed by atoms with Crippen LogP contribution in [0.2, 0.25) is 0 Å². The first kappa shape index (κ1) is 10.0. The summed E-state index contributed by atoms with van der Waals surface area (Å²) in [7, 11) is 0. The second-order valence-electron chi connectivity index (χ2n) is 3.09. The molecule has 0 bridgehead atoms. The molecule has 0 aliphatic rings. The van der Waals surface area contributed by atoms with E-state index in [4.69, 9.17) is 15.6 Å². The van der Waals surface area contributed by atoms with Gasteiger partial charge < -0.3 is 15.6 Å². The zero-order chi connectivity index (χ0) is 11.5. The number of nitrogens with one attached hydrogen (secondary N) is 1. The third-order valence-electron chi connectivity index (χ3n) is 1.85. The highest BCUT2D eigenvalue weighted by Crippen LogP contribution is 2.18. The van der Waals surface area contributed by atoms with Gasteiger partial charge in [0.25, 0.3) is 0 Å². The van der Waals surface area contributed by atoms with E-state index in [2.05, 4.69) is 10.2 Å². The van der Waals surface area contributed by atoms with Gasteiger partial charge in [0.2, 0.25) is 0 Å². The largest absolute Gasteiger partial charge is 0.508 e. The number of aromatic nitrogens is 2. The number of carbonyl (C=O) groups is 1. The van der Waals surface area contributed by atoms with Gasteiger partial charge in [-0.05, 0) is 12.1 Å². The molecule has 0 amide bonds. The standard InChI is InChI=1S/C10H9N3O3/c11-9-5-8(12-13-9)10(15)16-7-3-1-2-6(14)4-7/h1-5,14H,(H3,11,12,13). The number of phenolic OH excluding ortho intramolecular Hbond substituents is 1. The van der Waals surface area contributed by atoms with Gasteiger partial charge >= 0.3 is 5.97 Å². The molecule has 0 fully saturated rings. The molecule has 1 heterocycles. The maximum atomic E-state index is 11.5. The first-order valence-corrected chi connectivity index (χ1v) is 4.47. The molecule has 6 nitrogen and oxygen atoms in total. The molecule has 0 aliphatic carbocycles. The van der Waals surface area contributed by atoms with Gasteiger partial charge in [0.05, 0.1) is 0 Å². The molecule has 0 aliphatic heterocycles. The number of hydrogen-bond acceptors (Lipinski definition) is 5. The lowest BCUT2D eigenvalue weighted by atomic mass is 10.3. The maximum absolute atomic E-state index is 11.5. The van der Waals surface area contributed by atoms with Gasteiger partial charge in [-0.3, -0.25) is 5.10 Å². The molecule has 1 aromatic carbocycles. The summed E-state index contributed by atoms with van der Waals surface area (Å²) < 4.78 is 4.97. The third kappa shape index (κ3) is 2.11. The molecule has 16 heavy (non-hydrogen) atoms. The quantitative estimate of drug-likeness (QED) is 0.515. The smallest absolute Gasteiger partial charge is 0.361 e. The van der Waals surface area contributed by atoms with Crippen molar-refractivity contribution in [1.82, 2.24) is 10.2 Å². The third-order valence-corrected chi connectivity index (χ3v) is 1.85. The summed E-state index contributed by atoms with van der Waals surface area (Å²) in [4.78, 5) is 11.5. The molecule has 0 saturated heterocycles. The molecule has 0 spiro atoms. The summed E-state index contributed by atoms with van der Waals surface area (Å²) in [6.45, 7) is 0. The second kappa shape index (κ2) is 3.93. The molecule has 0 saturated carbocycles. The van der Waals surface area contributed by atoms with Crippen LogP contribution in [0.15, 0.2) is 30.3 Å². The van der Waals surface area contributed by atoms with Gasteiger partial charge in [-0.1, -0.05) is 6.07 Å². The SMILES string of the molecule is Nc1cc(C(=O)Oc2cccc(O)c2)[nH]n1. The number of nitrogen functional groups attached to an aromatic ring is 1. The zero-order valence-corrected chi connectivity index (χ0v) is 8.18. The number of aromatic hydroxyl groups is 1. The summed E-state index contributed by atoms with van der Waals surface area (Å²) in [5.41, 5.74) is 5.50. The molecule has 4 N–H and O–H groups in total. The summed E-state index contributed by atoms with van der Waals surface area (Å²) >= 11 is 0. The van der Waals surface area contributed by atoms with Crippen LogP contribution in [0.25, 0.3) is 0 Å². The molecule has 6 heteroatoms. The van der Waals surface area contributed by atoms with E-state index < -0.39 is 5.97 Å². The number of rotatable bonds is 2. The Morgan fingerprint density at radius 2 is 2.25 bits per heavy atom. The van der Waals surface area contributed by atoms with Crippen LogP contribution >= 0.6 is 0 Å². The molecule has 0 atom stereocenters. The van der Waals surface area contributed by atoms with Gasteiger partial charge in [-0.25, -0.2) is 4.79 Å². The Balaban J connectivity index is 2.13. The van der Waals surface area contributed by atoms with Crippen LogP contribution in [-0.2, 0) is 0 Å². The van der Waals surface area contributed by atoms with E-state index in [1.165, 1.54) is 18.2 Å². The van der Waals surface area contributed by atoms with Crippen LogP contribution in [0.5, 0.6) is 11.5 Å². The summed E-state index contributed by atoms with van der Waals surface area (Å²) in [5, 5.41) is 15.2. The average molecular weight is 219 g/mol. The molecule has 0 radical (unpaired) electrons. The van der Waals surface area contributed by atoms with E-state index in [1.807, 2.05) is 0 Å². The van der Waals surface area contributed by atoms with Gasteiger partial charge in [-0.15, -0.1) is 0 Å². The predicted molar refractivity (Wildman–Crippen MR) is 56.1 cm³/mol. The van der Waals surface area contributed by atoms with E-state index in [0.717, 1.165) is 0 Å². The lowest BCUT2D eigenvalue weighted by molar-refractivity contribution is 0.0728. The van der Waals surface area contributed by atoms with Crippen LogP contribution in [0.1, 0.15) is 10.5 Å². The lowest BCUT2D eigenvalue weighted by Gasteiger charge is -2.02. The molecule has 2 aromatic rings. The molecular weight excluding hydrogens is 210 g/mol. The van der Waals surface area contributed by atoms with Crippen molar-refractivity contribution in [1.29, 1.82) is 0 Å². The number of anilines is 1. The summed E-state index contributed by atoms with van der Waals surface area (Å²) in [6, 6.07) is 7.30. The number of aromatic amines is 1. The molecule has 1 aromatic heterocycles. The number of nitrogens with zero attached hydrogens (tertiary/aromatic N) is 1. The second-order valence-corrected chi connectivity index (χ2v) is 3.09. The van der Waals surface area contributed by atoms with Gasteiger partial charge in [0.15, 0.2) is 0 Å². The van der Waals surface area contributed by atoms with Crippen LogP contribution in [0, 0.1) is 0 Å². The Kier molecular flexibility index (Phi) is 2.47. The molecule has 2 rings (SSSR count). The van der Waals surface area contributed by atoms with Gasteiger partial charge in [-0.2, -0.15) is 5.10 Å². The number of H-pyrrole nitrogens is 1. The Morgan fingerprint density at radius 3 is 2.88 bits per heavy atom. The van der Waals surface area contributed by atoms with Crippen LogP contribution in [0.3, 0.4) is 0 Å². The number of esters is 1. The first-order valence-electron chi connectivity index (χ1n) is 4.47. The number of benzene rings is 1. The number of carbonyl (C=O) groups excluding carboxylic acids is 1. The van der Waals surface area contributed by atoms with Crippen molar-refractivity contribution in [2.24, 2.45) is 0 Å². The molecular formula is C10H9N3O3. The number of phenols is 1. The Labute approximate surface area is 90.7 Å². The van der Waals surface area contributed by atoms with Crippen LogP contribution < -0.4 is 10.5 Å². The molecule has 82 valence electrons. The number of ether oxygens (including phenoxy) is 1. The number of nitrogens with two attached hydrogens (primary N) is 1. The summed E-state index contributed by atoms with van der Waals surface area (Å²) in [5.74, 6) is -0.134. The van der Waals surface area contributed by atoms with E-state index in [-0.39, 0.29) is 23.0 Å². The fraction of sp³-hybridized carbons (Fsp3) is 0. The summed E-state index contributed by atoms with van der Waals surface area (Å²) in [6.07, 6.45) is 0. The fourth-order valence-corrected chi connectivity index (χ4v) is 1.15. The zero-order valence-electron chi connectivity index (χ0n) is 8.18. The van der Waals surface area contributed by atoms with E-state index in [1.54, 1.807) is 12.1 Å². The van der Waals surface area contributed by atoms with Crippen molar-refractivity contribution in [3.63, 3.8) is 0 Å². The monoisotopic (exact) mass is 219 g/mol. The number of hydrogen-bond donors (Lipinski definition) is 3. The highest BCUT2D eigenvalue weighted by atomic mass is 16.5. The lowest BCUT2D eigenvalue weighted by Crippen LogP contribution is -2.08. The Bertz CT molecular complexity index is 522. The Morgan fingerprint density at radius 1 is 1.44 bits per heavy atom. The van der Waals surface area contributed by atoms with Gasteiger partial charge in [0, 0.05) is 12.1 Å². The van der Waals surface area contributed by atoms with E-state index >= 15 is 0 Å². The van der Waals surface area contributed by atoms with E-state index in [0.29, 0.717) is 0 Å². The minimum atomic E-state index is -0.616. The van der Waals surface area contributed by atoms with Crippen molar-refractivity contribution in [2.45, 2.75) is 0 Å². The van der Waals surface area contributed by atoms with Crippen LogP contribution in [0.4, 0.5) is 5.82 Å². The topological polar surface area (TPSA) is 101 Å². The van der Waals surface area contributed by atoms with Crippen LogP contribution in [-0.4, -0.2) is 21.3 Å². The highest BCUT2D eigenvalue weighted by Gasteiger charge is 2.11. The molecule has 0 unspecified atom stereocenters. The minimum absolute atomic E-state index is 0.0226. The Hall–Kier alpha value is -2.50. The average Bonchev–Trinajstić information content (AvgIpc) is 2.65. The van der Waals surface area contributed by atoms with Crippen molar-refractivity contribution in [3.8, 4) is 11.5 Å². The van der Waals surface area contributed by atoms with Crippen molar-refractivity contribution >= 4 is 11.8 Å².